The van der Waals surface area contributed by atoms with Crippen molar-refractivity contribution in [3.05, 3.63) is 12.4 Å². The van der Waals surface area contributed by atoms with Gasteiger partial charge in [0, 0.05) is 19.3 Å². The zero-order valence-corrected chi connectivity index (χ0v) is 11.5. The number of aryl methyl sites for hydroxylation is 1. The maximum atomic E-state index is 10.9. The summed E-state index contributed by atoms with van der Waals surface area (Å²) in [5.74, 6) is -1.03. The van der Waals surface area contributed by atoms with Gasteiger partial charge in [-0.15, -0.1) is 5.10 Å². The van der Waals surface area contributed by atoms with Crippen molar-refractivity contribution in [1.29, 1.82) is 0 Å². The second-order valence-electron chi connectivity index (χ2n) is 5.53. The van der Waals surface area contributed by atoms with E-state index >= 15 is 0 Å². The number of carboxylic acids is 1. The van der Waals surface area contributed by atoms with Crippen LogP contribution in [0.3, 0.4) is 0 Å². The molecule has 1 heterocycles. The molecule has 7 nitrogen and oxygen atoms in total. The van der Waals surface area contributed by atoms with E-state index in [0.717, 1.165) is 19.5 Å². The number of aliphatic carboxylic acids is 1. The van der Waals surface area contributed by atoms with Crippen LogP contribution in [-0.4, -0.2) is 49.9 Å². The standard InChI is InChI=1S/C13H22N4O3/c18-12(19)11-2-4-13(20,5-3-11)10-14-6-1-8-17-9-7-15-16-17/h7,9,11,14,20H,1-6,8,10H2,(H,18,19). The van der Waals surface area contributed by atoms with Crippen LogP contribution in [0.15, 0.2) is 12.4 Å². The zero-order valence-electron chi connectivity index (χ0n) is 11.5. The Morgan fingerprint density at radius 1 is 1.45 bits per heavy atom. The highest BCUT2D eigenvalue weighted by molar-refractivity contribution is 5.70. The molecule has 0 amide bonds. The molecule has 2 rings (SSSR count). The van der Waals surface area contributed by atoms with Crippen molar-refractivity contribution < 1.29 is 15.0 Å². The Morgan fingerprint density at radius 2 is 2.20 bits per heavy atom. The lowest BCUT2D eigenvalue weighted by Gasteiger charge is -2.34. The van der Waals surface area contributed by atoms with Crippen LogP contribution >= 0.6 is 0 Å². The molecule has 1 aromatic heterocycles. The lowest BCUT2D eigenvalue weighted by atomic mass is 9.79. The van der Waals surface area contributed by atoms with Gasteiger partial charge in [-0.1, -0.05) is 5.21 Å². The minimum absolute atomic E-state index is 0.289. The van der Waals surface area contributed by atoms with E-state index in [9.17, 15) is 9.90 Å². The number of rotatable bonds is 7. The third-order valence-corrected chi connectivity index (χ3v) is 3.93. The van der Waals surface area contributed by atoms with Gasteiger partial charge in [0.05, 0.1) is 17.7 Å². The third-order valence-electron chi connectivity index (χ3n) is 3.93. The summed E-state index contributed by atoms with van der Waals surface area (Å²) >= 11 is 0. The Hall–Kier alpha value is -1.47. The molecule has 0 aromatic carbocycles. The van der Waals surface area contributed by atoms with Crippen molar-refractivity contribution in [1.82, 2.24) is 20.3 Å². The predicted octanol–water partition coefficient (Wildman–Crippen LogP) is 0.264. The second-order valence-corrected chi connectivity index (χ2v) is 5.53. The Balaban J connectivity index is 1.60. The molecular weight excluding hydrogens is 260 g/mol. The van der Waals surface area contributed by atoms with Gasteiger partial charge in [0.25, 0.3) is 0 Å². The molecule has 3 N–H and O–H groups in total. The van der Waals surface area contributed by atoms with Gasteiger partial charge in [-0.2, -0.15) is 0 Å². The van der Waals surface area contributed by atoms with Crippen LogP contribution < -0.4 is 5.32 Å². The van der Waals surface area contributed by atoms with Crippen LogP contribution in [0.2, 0.25) is 0 Å². The molecule has 0 radical (unpaired) electrons. The highest BCUT2D eigenvalue weighted by Gasteiger charge is 2.35. The summed E-state index contributed by atoms with van der Waals surface area (Å²) in [4.78, 5) is 10.9. The first-order valence-corrected chi connectivity index (χ1v) is 7.09. The smallest absolute Gasteiger partial charge is 0.306 e. The fourth-order valence-corrected chi connectivity index (χ4v) is 2.62. The quantitative estimate of drug-likeness (QED) is 0.620. The number of nitrogens with zero attached hydrogens (tertiary/aromatic N) is 3. The van der Waals surface area contributed by atoms with E-state index in [1.54, 1.807) is 10.9 Å². The molecule has 0 atom stereocenters. The lowest BCUT2D eigenvalue weighted by molar-refractivity contribution is -0.144. The number of carbonyl (C=O) groups is 1. The Kier molecular flexibility index (Phi) is 5.08. The van der Waals surface area contributed by atoms with Crippen LogP contribution in [-0.2, 0) is 11.3 Å². The van der Waals surface area contributed by atoms with Crippen LogP contribution in [0.25, 0.3) is 0 Å². The molecule has 1 saturated carbocycles. The molecule has 0 saturated heterocycles. The summed E-state index contributed by atoms with van der Waals surface area (Å²) in [6, 6.07) is 0. The molecule has 0 aliphatic heterocycles. The van der Waals surface area contributed by atoms with Crippen molar-refractivity contribution in [2.24, 2.45) is 5.92 Å². The van der Waals surface area contributed by atoms with Crippen LogP contribution in [0, 0.1) is 5.92 Å². The molecule has 0 unspecified atom stereocenters. The van der Waals surface area contributed by atoms with Gasteiger partial charge in [0.1, 0.15) is 0 Å². The molecule has 0 spiro atoms. The average molecular weight is 282 g/mol. The Bertz CT molecular complexity index is 413. The minimum Gasteiger partial charge on any atom is -0.481 e. The topological polar surface area (TPSA) is 100 Å². The first-order valence-electron chi connectivity index (χ1n) is 7.09. The summed E-state index contributed by atoms with van der Waals surface area (Å²) < 4.78 is 1.77. The highest BCUT2D eigenvalue weighted by atomic mass is 16.4. The summed E-state index contributed by atoms with van der Waals surface area (Å²) in [7, 11) is 0. The summed E-state index contributed by atoms with van der Waals surface area (Å²) in [5, 5.41) is 30.2. The fourth-order valence-electron chi connectivity index (χ4n) is 2.62. The summed E-state index contributed by atoms with van der Waals surface area (Å²) in [5.41, 5.74) is -0.751. The van der Waals surface area contributed by atoms with Gasteiger partial charge in [-0.05, 0) is 38.6 Å². The van der Waals surface area contributed by atoms with Gasteiger partial charge >= 0.3 is 5.97 Å². The normalized spacial score (nSPS) is 26.6. The highest BCUT2D eigenvalue weighted by Crippen LogP contribution is 2.31. The van der Waals surface area contributed by atoms with E-state index in [1.807, 2.05) is 6.20 Å². The van der Waals surface area contributed by atoms with Crippen molar-refractivity contribution in [2.75, 3.05) is 13.1 Å². The van der Waals surface area contributed by atoms with Crippen molar-refractivity contribution in [3.63, 3.8) is 0 Å². The SMILES string of the molecule is O=C(O)C1CCC(O)(CNCCCn2ccnn2)CC1. The monoisotopic (exact) mass is 282 g/mol. The lowest BCUT2D eigenvalue weighted by Crippen LogP contribution is -2.44. The van der Waals surface area contributed by atoms with E-state index in [-0.39, 0.29) is 5.92 Å². The zero-order chi connectivity index (χ0) is 14.4. The molecule has 112 valence electrons. The molecule has 0 bridgehead atoms. The van der Waals surface area contributed by atoms with E-state index in [2.05, 4.69) is 15.6 Å². The maximum absolute atomic E-state index is 10.9. The third kappa shape index (κ3) is 4.28. The fraction of sp³-hybridized carbons (Fsp3) is 0.769. The minimum atomic E-state index is -0.751. The molecule has 1 aliphatic rings. The van der Waals surface area contributed by atoms with Crippen LogP contribution in [0.4, 0.5) is 0 Å². The van der Waals surface area contributed by atoms with Crippen LogP contribution in [0.1, 0.15) is 32.1 Å². The van der Waals surface area contributed by atoms with Gasteiger partial charge in [-0.3, -0.25) is 9.48 Å². The molecule has 20 heavy (non-hydrogen) atoms. The van der Waals surface area contributed by atoms with E-state index in [0.29, 0.717) is 32.2 Å². The molecule has 1 aromatic rings. The second kappa shape index (κ2) is 6.81. The first kappa shape index (κ1) is 14.9. The van der Waals surface area contributed by atoms with Gasteiger partial charge in [0.15, 0.2) is 0 Å². The Morgan fingerprint density at radius 3 is 2.80 bits per heavy atom. The van der Waals surface area contributed by atoms with Crippen LogP contribution in [0.5, 0.6) is 0 Å². The number of nitrogens with one attached hydrogen (secondary N) is 1. The maximum Gasteiger partial charge on any atom is 0.306 e. The van der Waals surface area contributed by atoms with Crippen molar-refractivity contribution in [3.8, 4) is 0 Å². The van der Waals surface area contributed by atoms with E-state index in [4.69, 9.17) is 5.11 Å². The summed E-state index contributed by atoms with van der Waals surface area (Å²) in [6.45, 7) is 2.12. The first-order chi connectivity index (χ1) is 9.59. The molecule has 1 fully saturated rings. The predicted molar refractivity (Wildman–Crippen MR) is 72.1 cm³/mol. The van der Waals surface area contributed by atoms with Crippen molar-refractivity contribution in [2.45, 2.75) is 44.2 Å². The number of hydrogen-bond acceptors (Lipinski definition) is 5. The number of hydrogen-bond donors (Lipinski definition) is 3. The van der Waals surface area contributed by atoms with Crippen molar-refractivity contribution >= 4 is 5.97 Å². The number of aromatic nitrogens is 3. The molecule has 7 heteroatoms. The van der Waals surface area contributed by atoms with E-state index in [1.165, 1.54) is 0 Å². The molecule has 1 aliphatic carbocycles. The van der Waals surface area contributed by atoms with Gasteiger partial charge < -0.3 is 15.5 Å². The van der Waals surface area contributed by atoms with Gasteiger partial charge in [0.2, 0.25) is 0 Å². The largest absolute Gasteiger partial charge is 0.481 e. The number of carboxylic acid groups (broad SMARTS) is 1. The Labute approximate surface area is 118 Å². The van der Waals surface area contributed by atoms with Gasteiger partial charge in [-0.25, -0.2) is 0 Å². The average Bonchev–Trinajstić information content (AvgIpc) is 2.92. The number of aliphatic hydroxyl groups is 1. The molecular formula is C13H22N4O3. The van der Waals surface area contributed by atoms with E-state index < -0.39 is 11.6 Å². The summed E-state index contributed by atoms with van der Waals surface area (Å²) in [6.07, 6.45) is 6.62.